The van der Waals surface area contributed by atoms with Crippen molar-refractivity contribution in [2.45, 2.75) is 20.3 Å². The number of aromatic nitrogens is 3. The first-order chi connectivity index (χ1) is 9.60. The van der Waals surface area contributed by atoms with Crippen LogP contribution in [0.5, 0.6) is 0 Å². The molecule has 2 heterocycles. The molecule has 8 heteroatoms. The fourth-order valence-electron chi connectivity index (χ4n) is 1.47. The Hall–Kier alpha value is -2.15. The molecule has 2 N–H and O–H groups in total. The lowest BCUT2D eigenvalue weighted by atomic mass is 10.2. The van der Waals surface area contributed by atoms with Crippen molar-refractivity contribution in [1.82, 2.24) is 15.2 Å². The van der Waals surface area contributed by atoms with Crippen LogP contribution in [0.25, 0.3) is 0 Å². The van der Waals surface area contributed by atoms with Crippen molar-refractivity contribution in [2.75, 3.05) is 17.2 Å². The van der Waals surface area contributed by atoms with Gasteiger partial charge in [-0.15, -0.1) is 5.10 Å². The molecule has 0 atom stereocenters. The lowest BCUT2D eigenvalue weighted by Crippen LogP contribution is -2.14. The van der Waals surface area contributed by atoms with Crippen molar-refractivity contribution >= 4 is 29.3 Å². The van der Waals surface area contributed by atoms with E-state index in [9.17, 15) is 4.79 Å². The smallest absolute Gasteiger partial charge is 0.322 e. The number of carbonyl (C=O) groups is 1. The van der Waals surface area contributed by atoms with Crippen LogP contribution in [0.4, 0.5) is 11.8 Å². The number of amides is 1. The molecule has 0 saturated heterocycles. The second-order valence-corrected chi connectivity index (χ2v) is 4.46. The van der Waals surface area contributed by atoms with Crippen LogP contribution in [0.2, 0.25) is 5.02 Å². The summed E-state index contributed by atoms with van der Waals surface area (Å²) in [7, 11) is 0. The highest BCUT2D eigenvalue weighted by Gasteiger charge is 2.15. The van der Waals surface area contributed by atoms with Gasteiger partial charge < -0.3 is 9.73 Å². The van der Waals surface area contributed by atoms with Crippen molar-refractivity contribution in [3.05, 3.63) is 28.7 Å². The molecule has 0 unspecified atom stereocenters. The maximum Gasteiger partial charge on any atom is 0.322 e. The van der Waals surface area contributed by atoms with E-state index < -0.39 is 5.91 Å². The predicted molar refractivity (Wildman–Crippen MR) is 75.0 cm³/mol. The minimum atomic E-state index is -0.430. The first-order valence-electron chi connectivity index (χ1n) is 6.11. The van der Waals surface area contributed by atoms with Gasteiger partial charge in [-0.1, -0.05) is 23.6 Å². The summed E-state index contributed by atoms with van der Waals surface area (Å²) in [6.45, 7) is 4.43. The molecule has 0 fully saturated rings. The number of hydrogen-bond donors (Lipinski definition) is 2. The number of pyridine rings is 1. The number of rotatable bonds is 5. The van der Waals surface area contributed by atoms with Gasteiger partial charge in [0.15, 0.2) is 0 Å². The van der Waals surface area contributed by atoms with Gasteiger partial charge in [0.1, 0.15) is 5.82 Å². The number of anilines is 2. The molecule has 0 aromatic carbocycles. The van der Waals surface area contributed by atoms with Crippen LogP contribution in [-0.2, 0) is 0 Å². The van der Waals surface area contributed by atoms with Crippen LogP contribution in [-0.4, -0.2) is 27.6 Å². The van der Waals surface area contributed by atoms with E-state index in [2.05, 4.69) is 25.8 Å². The summed E-state index contributed by atoms with van der Waals surface area (Å²) in [6, 6.07) is 1.61. The number of aryl methyl sites for hydroxylation is 1. The Labute approximate surface area is 120 Å². The zero-order chi connectivity index (χ0) is 14.5. The topological polar surface area (TPSA) is 92.9 Å². The van der Waals surface area contributed by atoms with Crippen LogP contribution in [0.15, 0.2) is 16.7 Å². The molecule has 2 rings (SSSR count). The largest absolute Gasteiger partial charge is 0.408 e. The summed E-state index contributed by atoms with van der Waals surface area (Å²) in [5.74, 6) is 0.523. The van der Waals surface area contributed by atoms with Crippen LogP contribution >= 0.6 is 11.6 Å². The molecule has 20 heavy (non-hydrogen) atoms. The summed E-state index contributed by atoms with van der Waals surface area (Å²) < 4.78 is 5.08. The van der Waals surface area contributed by atoms with Crippen molar-refractivity contribution in [2.24, 2.45) is 0 Å². The van der Waals surface area contributed by atoms with E-state index in [1.807, 2.05) is 6.92 Å². The summed E-state index contributed by atoms with van der Waals surface area (Å²) in [5, 5.41) is 13.1. The lowest BCUT2D eigenvalue weighted by molar-refractivity contribution is 0.102. The molecule has 0 aliphatic heterocycles. The molecular formula is C12H14ClN5O2. The average molecular weight is 296 g/mol. The molecule has 0 aliphatic rings. The molecule has 7 nitrogen and oxygen atoms in total. The summed E-state index contributed by atoms with van der Waals surface area (Å²) in [4.78, 5) is 16.2. The Bertz CT molecular complexity index is 614. The Balaban J connectivity index is 2.15. The van der Waals surface area contributed by atoms with Gasteiger partial charge in [-0.3, -0.25) is 10.1 Å². The average Bonchev–Trinajstić information content (AvgIpc) is 2.83. The highest BCUT2D eigenvalue weighted by molar-refractivity contribution is 6.34. The van der Waals surface area contributed by atoms with E-state index in [1.54, 1.807) is 13.0 Å². The number of halogens is 1. The van der Waals surface area contributed by atoms with Crippen molar-refractivity contribution in [1.29, 1.82) is 0 Å². The van der Waals surface area contributed by atoms with Gasteiger partial charge in [0.2, 0.25) is 5.89 Å². The van der Waals surface area contributed by atoms with Gasteiger partial charge in [0.05, 0.1) is 10.6 Å². The minimum Gasteiger partial charge on any atom is -0.408 e. The number of carbonyl (C=O) groups excluding carboxylic acids is 1. The summed E-state index contributed by atoms with van der Waals surface area (Å²) in [6.07, 6.45) is 2.38. The Kier molecular flexibility index (Phi) is 4.52. The summed E-state index contributed by atoms with van der Waals surface area (Å²) >= 11 is 5.98. The predicted octanol–water partition coefficient (Wildman–Crippen LogP) is 2.50. The van der Waals surface area contributed by atoms with Crippen molar-refractivity contribution < 1.29 is 9.21 Å². The van der Waals surface area contributed by atoms with E-state index in [0.717, 1.165) is 13.0 Å². The Morgan fingerprint density at radius 3 is 2.90 bits per heavy atom. The van der Waals surface area contributed by atoms with Crippen molar-refractivity contribution in [3.63, 3.8) is 0 Å². The zero-order valence-electron chi connectivity index (χ0n) is 11.1. The Morgan fingerprint density at radius 1 is 1.45 bits per heavy atom. The van der Waals surface area contributed by atoms with E-state index in [0.29, 0.717) is 11.7 Å². The quantitative estimate of drug-likeness (QED) is 0.880. The number of hydrogen-bond acceptors (Lipinski definition) is 6. The molecule has 1 amide bonds. The van der Waals surface area contributed by atoms with E-state index in [1.165, 1.54) is 6.20 Å². The van der Waals surface area contributed by atoms with E-state index in [-0.39, 0.29) is 16.6 Å². The third kappa shape index (κ3) is 3.45. The third-order valence-electron chi connectivity index (χ3n) is 2.40. The van der Waals surface area contributed by atoms with Crippen LogP contribution in [0, 0.1) is 6.92 Å². The lowest BCUT2D eigenvalue weighted by Gasteiger charge is -2.07. The highest BCUT2D eigenvalue weighted by Crippen LogP contribution is 2.19. The van der Waals surface area contributed by atoms with E-state index in [4.69, 9.17) is 16.0 Å². The molecule has 2 aromatic rings. The molecule has 106 valence electrons. The molecule has 0 saturated carbocycles. The van der Waals surface area contributed by atoms with Gasteiger partial charge in [0.25, 0.3) is 5.91 Å². The van der Waals surface area contributed by atoms with Gasteiger partial charge in [-0.2, -0.15) is 0 Å². The molecule has 0 radical (unpaired) electrons. The number of nitrogens with zero attached hydrogens (tertiary/aromatic N) is 3. The standard InChI is InChI=1S/C12H14ClN5O2/c1-3-4-14-10-5-8(9(13)6-15-10)11(19)16-12-18-17-7(2)20-12/h5-6H,3-4H2,1-2H3,(H,14,15)(H,16,18,19). The van der Waals surface area contributed by atoms with Gasteiger partial charge in [0, 0.05) is 19.7 Å². The van der Waals surface area contributed by atoms with Gasteiger partial charge in [-0.25, -0.2) is 4.98 Å². The first-order valence-corrected chi connectivity index (χ1v) is 6.49. The number of nitrogens with one attached hydrogen (secondary N) is 2. The maximum absolute atomic E-state index is 12.1. The second kappa shape index (κ2) is 6.33. The molecule has 0 aliphatic carbocycles. The van der Waals surface area contributed by atoms with Crippen LogP contribution in [0.3, 0.4) is 0 Å². The molecular weight excluding hydrogens is 282 g/mol. The molecule has 0 spiro atoms. The SMILES string of the molecule is CCCNc1cc(C(=O)Nc2nnc(C)o2)c(Cl)cn1. The second-order valence-electron chi connectivity index (χ2n) is 4.06. The first kappa shape index (κ1) is 14.3. The van der Waals surface area contributed by atoms with Gasteiger partial charge in [-0.05, 0) is 12.5 Å². The fraction of sp³-hybridized carbons (Fsp3) is 0.333. The molecule has 0 bridgehead atoms. The normalized spacial score (nSPS) is 10.3. The highest BCUT2D eigenvalue weighted by atomic mass is 35.5. The molecule has 2 aromatic heterocycles. The zero-order valence-corrected chi connectivity index (χ0v) is 11.9. The van der Waals surface area contributed by atoms with Crippen LogP contribution in [0.1, 0.15) is 29.6 Å². The van der Waals surface area contributed by atoms with Crippen LogP contribution < -0.4 is 10.6 Å². The van der Waals surface area contributed by atoms with Gasteiger partial charge >= 0.3 is 6.01 Å². The van der Waals surface area contributed by atoms with E-state index >= 15 is 0 Å². The monoisotopic (exact) mass is 295 g/mol. The Morgan fingerprint density at radius 2 is 2.25 bits per heavy atom. The van der Waals surface area contributed by atoms with Crippen molar-refractivity contribution in [3.8, 4) is 0 Å². The minimum absolute atomic E-state index is 0.0310. The summed E-state index contributed by atoms with van der Waals surface area (Å²) in [5.41, 5.74) is 0.288. The fourth-order valence-corrected chi connectivity index (χ4v) is 1.66. The third-order valence-corrected chi connectivity index (χ3v) is 2.70. The maximum atomic E-state index is 12.1.